The van der Waals surface area contributed by atoms with E-state index in [9.17, 15) is 16.8 Å². The van der Waals surface area contributed by atoms with E-state index in [4.69, 9.17) is 4.18 Å². The molecule has 1 aliphatic rings. The summed E-state index contributed by atoms with van der Waals surface area (Å²) in [6, 6.07) is 7.82. The van der Waals surface area contributed by atoms with Gasteiger partial charge in [-0.3, -0.25) is 4.18 Å². The maximum absolute atomic E-state index is 11.8. The predicted octanol–water partition coefficient (Wildman–Crippen LogP) is 0.827. The number of hydrogen-bond acceptors (Lipinski definition) is 5. The highest BCUT2D eigenvalue weighted by Gasteiger charge is 2.29. The molecule has 0 aromatic heterocycles. The Kier molecular flexibility index (Phi) is 3.74. The highest BCUT2D eigenvalue weighted by Crippen LogP contribution is 2.20. The van der Waals surface area contributed by atoms with Gasteiger partial charge in [0.05, 0.1) is 23.0 Å². The van der Waals surface area contributed by atoms with Crippen LogP contribution in [0.4, 0.5) is 0 Å². The molecule has 1 aliphatic heterocycles. The molecule has 0 aliphatic carbocycles. The van der Waals surface area contributed by atoms with Crippen LogP contribution in [0.25, 0.3) is 0 Å². The third-order valence-corrected chi connectivity index (χ3v) is 5.95. The van der Waals surface area contributed by atoms with E-state index in [-0.39, 0.29) is 28.9 Å². The Morgan fingerprint density at radius 3 is 2.44 bits per heavy atom. The zero-order valence-electron chi connectivity index (χ0n) is 9.65. The van der Waals surface area contributed by atoms with Gasteiger partial charge in [0.1, 0.15) is 0 Å². The van der Waals surface area contributed by atoms with E-state index in [1.54, 1.807) is 18.2 Å². The first-order valence-corrected chi connectivity index (χ1v) is 8.77. The second-order valence-electron chi connectivity index (χ2n) is 4.32. The maximum Gasteiger partial charge on any atom is 0.296 e. The molecule has 18 heavy (non-hydrogen) atoms. The van der Waals surface area contributed by atoms with Gasteiger partial charge in [0.2, 0.25) is 0 Å². The Labute approximate surface area is 107 Å². The molecule has 7 heteroatoms. The summed E-state index contributed by atoms with van der Waals surface area (Å²) in [7, 11) is -6.78. The van der Waals surface area contributed by atoms with Crippen molar-refractivity contribution < 1.29 is 21.0 Å². The normalized spacial score (nSPS) is 23.0. The van der Waals surface area contributed by atoms with Crippen LogP contribution in [-0.4, -0.2) is 34.9 Å². The maximum atomic E-state index is 11.8. The lowest BCUT2D eigenvalue weighted by Crippen LogP contribution is -2.15. The molecule has 0 spiro atoms. The molecule has 1 aromatic rings. The molecule has 1 heterocycles. The van der Waals surface area contributed by atoms with Gasteiger partial charge in [-0.2, -0.15) is 8.42 Å². The third-order valence-electron chi connectivity index (χ3n) is 2.82. The van der Waals surface area contributed by atoms with E-state index < -0.39 is 20.0 Å². The number of sulfone groups is 1. The SMILES string of the molecule is O=S1(=O)CC[C@H](COS(=O)(=O)c2ccccc2)C1. The van der Waals surface area contributed by atoms with Gasteiger partial charge in [-0.05, 0) is 24.5 Å². The first-order chi connectivity index (χ1) is 8.39. The lowest BCUT2D eigenvalue weighted by atomic mass is 10.1. The monoisotopic (exact) mass is 290 g/mol. The molecule has 2 rings (SSSR count). The van der Waals surface area contributed by atoms with Gasteiger partial charge in [-0.25, -0.2) is 8.42 Å². The van der Waals surface area contributed by atoms with E-state index in [1.165, 1.54) is 12.1 Å². The molecule has 1 fully saturated rings. The molecule has 0 amide bonds. The van der Waals surface area contributed by atoms with Crippen LogP contribution >= 0.6 is 0 Å². The molecule has 100 valence electrons. The molecule has 1 aromatic carbocycles. The van der Waals surface area contributed by atoms with Crippen LogP contribution in [0.5, 0.6) is 0 Å². The highest BCUT2D eigenvalue weighted by atomic mass is 32.2. The molecule has 0 radical (unpaired) electrons. The van der Waals surface area contributed by atoms with Gasteiger partial charge in [-0.1, -0.05) is 18.2 Å². The standard InChI is InChI=1S/C11H14O5S2/c12-17(13)7-6-10(9-17)8-16-18(14,15)11-4-2-1-3-5-11/h1-5,10H,6-9H2/t10-/m1/s1. The largest absolute Gasteiger partial charge is 0.296 e. The van der Waals surface area contributed by atoms with Gasteiger partial charge >= 0.3 is 0 Å². The Hall–Kier alpha value is -0.920. The van der Waals surface area contributed by atoms with Crippen molar-refractivity contribution in [3.63, 3.8) is 0 Å². The second-order valence-corrected chi connectivity index (χ2v) is 8.16. The lowest BCUT2D eigenvalue weighted by molar-refractivity contribution is 0.268. The summed E-state index contributed by atoms with van der Waals surface area (Å²) in [6.45, 7) is -0.0730. The Balaban J connectivity index is 1.99. The molecule has 0 N–H and O–H groups in total. The molecule has 1 saturated heterocycles. The van der Waals surface area contributed by atoms with Crippen molar-refractivity contribution in [2.24, 2.45) is 5.92 Å². The minimum Gasteiger partial charge on any atom is -0.266 e. The zero-order chi connectivity index (χ0) is 13.2. The molecular weight excluding hydrogens is 276 g/mol. The van der Waals surface area contributed by atoms with Crippen LogP contribution in [0.1, 0.15) is 6.42 Å². The van der Waals surface area contributed by atoms with Crippen molar-refractivity contribution in [1.82, 2.24) is 0 Å². The minimum atomic E-state index is -3.78. The van der Waals surface area contributed by atoms with Gasteiger partial charge < -0.3 is 0 Å². The Morgan fingerprint density at radius 2 is 1.89 bits per heavy atom. The summed E-state index contributed by atoms with van der Waals surface area (Å²) in [4.78, 5) is 0.0888. The van der Waals surface area contributed by atoms with Crippen molar-refractivity contribution >= 4 is 20.0 Å². The number of hydrogen-bond donors (Lipinski definition) is 0. The predicted molar refractivity (Wildman–Crippen MR) is 66.3 cm³/mol. The summed E-state index contributed by atoms with van der Waals surface area (Å²) in [6.07, 6.45) is 0.465. The molecule has 1 atom stereocenters. The fourth-order valence-electron chi connectivity index (χ4n) is 1.84. The summed E-state index contributed by atoms with van der Waals surface area (Å²) in [5.74, 6) is -0.0996. The smallest absolute Gasteiger partial charge is 0.266 e. The van der Waals surface area contributed by atoms with Crippen LogP contribution < -0.4 is 0 Å². The molecule has 0 bridgehead atoms. The second kappa shape index (κ2) is 4.99. The van der Waals surface area contributed by atoms with Crippen LogP contribution in [-0.2, 0) is 24.1 Å². The van der Waals surface area contributed by atoms with Crippen molar-refractivity contribution in [1.29, 1.82) is 0 Å². The van der Waals surface area contributed by atoms with Crippen LogP contribution in [0.15, 0.2) is 35.2 Å². The number of rotatable bonds is 4. The topological polar surface area (TPSA) is 77.5 Å². The van der Waals surface area contributed by atoms with Gasteiger partial charge in [-0.15, -0.1) is 0 Å². The molecule has 0 saturated carbocycles. The van der Waals surface area contributed by atoms with Crippen molar-refractivity contribution in [3.8, 4) is 0 Å². The Morgan fingerprint density at radius 1 is 1.22 bits per heavy atom. The summed E-state index contributed by atoms with van der Waals surface area (Å²) < 4.78 is 50.9. The van der Waals surface area contributed by atoms with Crippen molar-refractivity contribution in [2.75, 3.05) is 18.1 Å². The van der Waals surface area contributed by atoms with Gasteiger partial charge in [0.15, 0.2) is 9.84 Å². The van der Waals surface area contributed by atoms with Gasteiger partial charge in [0.25, 0.3) is 10.1 Å². The average Bonchev–Trinajstić information content (AvgIpc) is 2.68. The third kappa shape index (κ3) is 3.30. The van der Waals surface area contributed by atoms with Crippen LogP contribution in [0.2, 0.25) is 0 Å². The first-order valence-electron chi connectivity index (χ1n) is 5.54. The van der Waals surface area contributed by atoms with Crippen molar-refractivity contribution in [3.05, 3.63) is 30.3 Å². The van der Waals surface area contributed by atoms with E-state index in [0.29, 0.717) is 6.42 Å². The highest BCUT2D eigenvalue weighted by molar-refractivity contribution is 7.91. The fraction of sp³-hybridized carbons (Fsp3) is 0.455. The minimum absolute atomic E-state index is 0.0112. The average molecular weight is 290 g/mol. The molecule has 5 nitrogen and oxygen atoms in total. The van der Waals surface area contributed by atoms with Gasteiger partial charge in [0, 0.05) is 0 Å². The quantitative estimate of drug-likeness (QED) is 0.767. The van der Waals surface area contributed by atoms with E-state index >= 15 is 0 Å². The summed E-state index contributed by atoms with van der Waals surface area (Å²) in [5.41, 5.74) is 0. The van der Waals surface area contributed by atoms with E-state index in [0.717, 1.165) is 0 Å². The Bertz CT molecular complexity index is 604. The number of benzene rings is 1. The van der Waals surface area contributed by atoms with Crippen LogP contribution in [0.3, 0.4) is 0 Å². The van der Waals surface area contributed by atoms with Crippen LogP contribution in [0, 0.1) is 5.92 Å². The van der Waals surface area contributed by atoms with Crippen molar-refractivity contribution in [2.45, 2.75) is 11.3 Å². The first kappa shape index (κ1) is 13.5. The fourth-order valence-corrected chi connectivity index (χ4v) is 4.68. The lowest BCUT2D eigenvalue weighted by Gasteiger charge is -2.09. The summed E-state index contributed by atoms with van der Waals surface area (Å²) >= 11 is 0. The zero-order valence-corrected chi connectivity index (χ0v) is 11.3. The van der Waals surface area contributed by atoms with E-state index in [1.807, 2.05) is 0 Å². The van der Waals surface area contributed by atoms with E-state index in [2.05, 4.69) is 0 Å². The molecule has 0 unspecified atom stereocenters. The summed E-state index contributed by atoms with van der Waals surface area (Å²) in [5, 5.41) is 0. The molecular formula is C11H14O5S2.